The van der Waals surface area contributed by atoms with Crippen molar-refractivity contribution in [2.24, 2.45) is 0 Å². The number of para-hydroxylation sites is 1. The van der Waals surface area contributed by atoms with Crippen LogP contribution in [0.5, 0.6) is 0 Å². The van der Waals surface area contributed by atoms with E-state index in [1.165, 1.54) is 33.0 Å². The van der Waals surface area contributed by atoms with Gasteiger partial charge in [-0.05, 0) is 102 Å². The van der Waals surface area contributed by atoms with Gasteiger partial charge in [0.05, 0.1) is 39.8 Å². The van der Waals surface area contributed by atoms with Crippen LogP contribution in [0.15, 0.2) is 115 Å². The fourth-order valence-corrected chi connectivity index (χ4v) is 6.55. The molecule has 8 rings (SSSR count). The summed E-state index contributed by atoms with van der Waals surface area (Å²) in [4.78, 5) is 0. The van der Waals surface area contributed by atoms with Crippen LogP contribution >= 0.6 is 0 Å². The van der Waals surface area contributed by atoms with Gasteiger partial charge in [-0.2, -0.15) is 10.5 Å². The zero-order valence-corrected chi connectivity index (χ0v) is 22.8. The number of aryl methyl sites for hydroxylation is 1. The summed E-state index contributed by atoms with van der Waals surface area (Å²) in [7, 11) is 0. The van der Waals surface area contributed by atoms with Crippen LogP contribution in [0.3, 0.4) is 0 Å². The molecule has 196 valence electrons. The molecule has 42 heavy (non-hydrogen) atoms. The van der Waals surface area contributed by atoms with Gasteiger partial charge >= 0.3 is 0 Å². The fraction of sp³-hybridized carbons (Fsp3) is 0.0526. The smallest absolute Gasteiger partial charge is 0.0992 e. The van der Waals surface area contributed by atoms with Gasteiger partial charge in [-0.1, -0.05) is 48.5 Å². The quantitative estimate of drug-likeness (QED) is 0.226. The number of hydrogen-bond acceptors (Lipinski definition) is 2. The van der Waals surface area contributed by atoms with E-state index in [-0.39, 0.29) is 0 Å². The molecule has 4 nitrogen and oxygen atoms in total. The Balaban J connectivity index is 1.33. The average molecular weight is 537 g/mol. The zero-order valence-electron chi connectivity index (χ0n) is 22.8. The SMILES string of the molecule is N#Cc1cccc(-n2c3c(c4cc(-c5ccc6c(c5)c5ccccc5n6-c5cccc(C#N)c5)ccc42)CCC=C3)c1. The number of benzene rings is 5. The van der Waals surface area contributed by atoms with Gasteiger partial charge in [-0.25, -0.2) is 0 Å². The molecule has 1 aliphatic carbocycles. The molecule has 0 spiro atoms. The minimum Gasteiger partial charge on any atom is -0.310 e. The molecule has 1 aliphatic rings. The molecule has 0 saturated heterocycles. The van der Waals surface area contributed by atoms with Gasteiger partial charge in [0.2, 0.25) is 0 Å². The van der Waals surface area contributed by atoms with E-state index in [9.17, 15) is 10.5 Å². The summed E-state index contributed by atoms with van der Waals surface area (Å²) in [5, 5.41) is 22.6. The average Bonchev–Trinajstić information content (AvgIpc) is 3.57. The Morgan fingerprint density at radius 1 is 0.548 bits per heavy atom. The summed E-state index contributed by atoms with van der Waals surface area (Å²) in [5.41, 5.74) is 11.6. The molecule has 4 heteroatoms. The number of nitriles is 2. The van der Waals surface area contributed by atoms with E-state index in [0.717, 1.165) is 46.3 Å². The number of allylic oxidation sites excluding steroid dienone is 1. The Labute approximate surface area is 243 Å². The maximum absolute atomic E-state index is 9.52. The lowest BCUT2D eigenvalue weighted by Crippen LogP contribution is -2.00. The molecule has 0 unspecified atom stereocenters. The molecule has 0 N–H and O–H groups in total. The number of fused-ring (bicyclic) bond motifs is 6. The second-order valence-electron chi connectivity index (χ2n) is 10.8. The van der Waals surface area contributed by atoms with Gasteiger partial charge < -0.3 is 9.13 Å². The van der Waals surface area contributed by atoms with Crippen molar-refractivity contribution in [2.45, 2.75) is 12.8 Å². The molecule has 0 fully saturated rings. The van der Waals surface area contributed by atoms with Crippen molar-refractivity contribution < 1.29 is 0 Å². The molecule has 2 aromatic heterocycles. The van der Waals surface area contributed by atoms with Crippen molar-refractivity contribution in [1.29, 1.82) is 10.5 Å². The first-order chi connectivity index (χ1) is 20.7. The molecule has 0 amide bonds. The van der Waals surface area contributed by atoms with E-state index in [0.29, 0.717) is 11.1 Å². The lowest BCUT2D eigenvalue weighted by atomic mass is 9.97. The fourth-order valence-electron chi connectivity index (χ4n) is 6.55. The van der Waals surface area contributed by atoms with E-state index in [2.05, 4.69) is 106 Å². The van der Waals surface area contributed by atoms with Crippen molar-refractivity contribution in [1.82, 2.24) is 9.13 Å². The minimum absolute atomic E-state index is 0.646. The summed E-state index contributed by atoms with van der Waals surface area (Å²) in [6.07, 6.45) is 6.47. The molecule has 0 saturated carbocycles. The number of rotatable bonds is 3. The predicted octanol–water partition coefficient (Wildman–Crippen LogP) is 9.10. The van der Waals surface area contributed by atoms with Crippen molar-refractivity contribution in [3.05, 3.63) is 138 Å². The largest absolute Gasteiger partial charge is 0.310 e. The van der Waals surface area contributed by atoms with Crippen LogP contribution in [-0.4, -0.2) is 9.13 Å². The van der Waals surface area contributed by atoms with E-state index in [4.69, 9.17) is 0 Å². The van der Waals surface area contributed by atoms with Crippen LogP contribution in [0.2, 0.25) is 0 Å². The zero-order chi connectivity index (χ0) is 28.2. The van der Waals surface area contributed by atoms with Crippen LogP contribution < -0.4 is 0 Å². The Hall–Kier alpha value is -5.84. The second kappa shape index (κ2) is 9.37. The van der Waals surface area contributed by atoms with Gasteiger partial charge in [0.15, 0.2) is 0 Å². The highest BCUT2D eigenvalue weighted by Crippen LogP contribution is 2.39. The highest BCUT2D eigenvalue weighted by Gasteiger charge is 2.20. The first kappa shape index (κ1) is 24.0. The number of nitrogens with zero attached hydrogens (tertiary/aromatic N) is 4. The molecular weight excluding hydrogens is 512 g/mol. The minimum atomic E-state index is 0.646. The van der Waals surface area contributed by atoms with E-state index in [1.54, 1.807) is 0 Å². The number of hydrogen-bond donors (Lipinski definition) is 0. The third-order valence-electron chi connectivity index (χ3n) is 8.42. The topological polar surface area (TPSA) is 57.4 Å². The van der Waals surface area contributed by atoms with Gasteiger partial charge in [-0.15, -0.1) is 0 Å². The molecule has 7 aromatic rings. The highest BCUT2D eigenvalue weighted by atomic mass is 15.0. The molecular formula is C38H24N4. The van der Waals surface area contributed by atoms with Crippen LogP contribution in [0.4, 0.5) is 0 Å². The van der Waals surface area contributed by atoms with E-state index in [1.807, 2.05) is 36.4 Å². The standard InChI is InChI=1S/C38H24N4/c39-23-25-7-5-9-29(19-25)41-35-13-3-1-11-31(35)33-21-27(15-17-37(33)41)28-16-18-38-34(22-28)32-12-2-4-14-36(32)42(38)30-10-6-8-26(20-30)24-40/h1,3-11,13-22H,2,12H2. The highest BCUT2D eigenvalue weighted by molar-refractivity contribution is 6.10. The summed E-state index contributed by atoms with van der Waals surface area (Å²) >= 11 is 0. The summed E-state index contributed by atoms with van der Waals surface area (Å²) in [6.45, 7) is 0. The molecule has 0 radical (unpaired) electrons. The third-order valence-corrected chi connectivity index (χ3v) is 8.42. The Morgan fingerprint density at radius 3 is 1.88 bits per heavy atom. The molecule has 2 heterocycles. The lowest BCUT2D eigenvalue weighted by molar-refractivity contribution is 0.967. The van der Waals surface area contributed by atoms with Gasteiger partial charge in [0.1, 0.15) is 0 Å². The Bertz CT molecular complexity index is 2330. The van der Waals surface area contributed by atoms with Crippen molar-refractivity contribution in [2.75, 3.05) is 0 Å². The molecule has 0 aliphatic heterocycles. The summed E-state index contributed by atoms with van der Waals surface area (Å²) in [6, 6.07) is 42.1. The first-order valence-corrected chi connectivity index (χ1v) is 14.1. The first-order valence-electron chi connectivity index (χ1n) is 14.1. The summed E-state index contributed by atoms with van der Waals surface area (Å²) < 4.78 is 4.54. The maximum Gasteiger partial charge on any atom is 0.0992 e. The van der Waals surface area contributed by atoms with Crippen molar-refractivity contribution in [3.8, 4) is 34.6 Å². The maximum atomic E-state index is 9.52. The molecule has 0 bridgehead atoms. The van der Waals surface area contributed by atoms with Gasteiger partial charge in [-0.3, -0.25) is 0 Å². The van der Waals surface area contributed by atoms with Gasteiger partial charge in [0, 0.05) is 33.2 Å². The van der Waals surface area contributed by atoms with Crippen LogP contribution in [-0.2, 0) is 6.42 Å². The van der Waals surface area contributed by atoms with Crippen molar-refractivity contribution >= 4 is 38.8 Å². The lowest BCUT2D eigenvalue weighted by Gasteiger charge is -2.12. The molecule has 0 atom stereocenters. The predicted molar refractivity (Wildman–Crippen MR) is 170 cm³/mol. The Kier molecular flexibility index (Phi) is 5.36. The third kappa shape index (κ3) is 3.60. The number of aromatic nitrogens is 2. The summed E-state index contributed by atoms with van der Waals surface area (Å²) in [5.74, 6) is 0. The monoisotopic (exact) mass is 536 g/mol. The van der Waals surface area contributed by atoms with Gasteiger partial charge in [0.25, 0.3) is 0 Å². The van der Waals surface area contributed by atoms with Crippen LogP contribution in [0.1, 0.15) is 28.8 Å². The van der Waals surface area contributed by atoms with E-state index >= 15 is 0 Å². The van der Waals surface area contributed by atoms with Crippen LogP contribution in [0, 0.1) is 22.7 Å². The second-order valence-corrected chi connectivity index (χ2v) is 10.8. The van der Waals surface area contributed by atoms with Crippen molar-refractivity contribution in [3.63, 3.8) is 0 Å². The van der Waals surface area contributed by atoms with Crippen LogP contribution in [0.25, 0.3) is 61.3 Å². The molecule has 5 aromatic carbocycles. The normalized spacial score (nSPS) is 12.4. The Morgan fingerprint density at radius 2 is 1.17 bits per heavy atom. The van der Waals surface area contributed by atoms with E-state index < -0.39 is 0 Å².